The van der Waals surface area contributed by atoms with Gasteiger partial charge in [0.25, 0.3) is 5.56 Å². The van der Waals surface area contributed by atoms with Gasteiger partial charge in [-0.05, 0) is 24.6 Å². The van der Waals surface area contributed by atoms with E-state index in [1.54, 1.807) is 12.1 Å². The number of ether oxygens (including phenoxy) is 6. The minimum absolute atomic E-state index is 0.0149. The first kappa shape index (κ1) is 30.8. The average Bonchev–Trinajstić information content (AvgIpc) is 3.32. The molecule has 1 saturated heterocycles. The Hall–Kier alpha value is -3.78. The number of hydrogen-bond donors (Lipinski definition) is 2. The molecule has 218 valence electrons. The van der Waals surface area contributed by atoms with Crippen LogP contribution in [0, 0.1) is 6.92 Å². The van der Waals surface area contributed by atoms with Crippen LogP contribution in [-0.4, -0.2) is 66.5 Å². The standard InChI is InChI=1S/C24H29N2O13P/c1-13-10-26(24(30)25-23(13)29)19-9-15(18(38-19)12-37-40(31)32)39-21(28)6-5-20(27)36-11-14-7-16(33-2)22(35-4)17(8-14)34-3/h7-8,10,15,18-19H,5-6,9,11-12H2,1-4H3,(H-,25,29,30,31,32)/p+1/t15-,18?,19-/m1/s1. The molecule has 0 bridgehead atoms. The number of benzene rings is 1. The van der Waals surface area contributed by atoms with E-state index in [-0.39, 0.29) is 31.4 Å². The van der Waals surface area contributed by atoms with Crippen LogP contribution >= 0.6 is 8.25 Å². The topological polar surface area (TPSA) is 191 Å². The van der Waals surface area contributed by atoms with Gasteiger partial charge in [0, 0.05) is 22.7 Å². The SMILES string of the molecule is COc1cc(COC(=O)CCC(=O)O[C@@H]2C[C@H](n3cc(C)c(=O)[nH]c3=O)OC2CO[P+](=O)O)cc(OC)c1OC. The number of carbonyl (C=O) groups excluding carboxylic acids is 2. The van der Waals surface area contributed by atoms with E-state index >= 15 is 0 Å². The Morgan fingerprint density at radius 2 is 1.75 bits per heavy atom. The highest BCUT2D eigenvalue weighted by Crippen LogP contribution is 2.38. The van der Waals surface area contributed by atoms with Crippen LogP contribution in [0.5, 0.6) is 17.2 Å². The van der Waals surface area contributed by atoms with Gasteiger partial charge in [-0.15, -0.1) is 9.42 Å². The number of aryl methyl sites for hydroxylation is 1. The lowest BCUT2D eigenvalue weighted by Crippen LogP contribution is -2.33. The highest BCUT2D eigenvalue weighted by Gasteiger charge is 2.41. The van der Waals surface area contributed by atoms with Gasteiger partial charge >= 0.3 is 25.9 Å². The Labute approximate surface area is 228 Å². The van der Waals surface area contributed by atoms with Crippen molar-refractivity contribution in [3.63, 3.8) is 0 Å². The van der Waals surface area contributed by atoms with Gasteiger partial charge in [0.05, 0.1) is 34.2 Å². The largest absolute Gasteiger partial charge is 0.694 e. The number of H-pyrrole nitrogens is 1. The monoisotopic (exact) mass is 585 g/mol. The predicted molar refractivity (Wildman–Crippen MR) is 135 cm³/mol. The summed E-state index contributed by atoms with van der Waals surface area (Å²) < 4.78 is 49.1. The lowest BCUT2D eigenvalue weighted by molar-refractivity contribution is -0.156. The Balaban J connectivity index is 1.58. The van der Waals surface area contributed by atoms with Crippen LogP contribution in [-0.2, 0) is 39.5 Å². The molecular weight excluding hydrogens is 555 g/mol. The van der Waals surface area contributed by atoms with Crippen LogP contribution < -0.4 is 25.5 Å². The van der Waals surface area contributed by atoms with E-state index in [1.165, 1.54) is 34.4 Å². The van der Waals surface area contributed by atoms with Crippen molar-refractivity contribution < 1.29 is 52.0 Å². The molecule has 0 aliphatic carbocycles. The number of hydrogen-bond acceptors (Lipinski definition) is 12. The first-order chi connectivity index (χ1) is 19.1. The minimum Gasteiger partial charge on any atom is -0.493 e. The molecule has 1 aromatic heterocycles. The fourth-order valence-electron chi connectivity index (χ4n) is 3.97. The number of aromatic amines is 1. The second kappa shape index (κ2) is 14.0. The molecule has 0 saturated carbocycles. The summed E-state index contributed by atoms with van der Waals surface area (Å²) in [6, 6.07) is 3.24. The van der Waals surface area contributed by atoms with E-state index in [1.807, 2.05) is 0 Å². The number of nitrogens with one attached hydrogen (secondary N) is 1. The van der Waals surface area contributed by atoms with Gasteiger partial charge in [0.2, 0.25) is 5.75 Å². The Morgan fingerprint density at radius 3 is 2.35 bits per heavy atom. The molecule has 2 unspecified atom stereocenters. The van der Waals surface area contributed by atoms with Crippen molar-refractivity contribution in [1.29, 1.82) is 0 Å². The summed E-state index contributed by atoms with van der Waals surface area (Å²) in [5.41, 5.74) is -0.482. The van der Waals surface area contributed by atoms with E-state index in [0.717, 1.165) is 4.57 Å². The van der Waals surface area contributed by atoms with Crippen LogP contribution in [0.4, 0.5) is 0 Å². The third-order valence-electron chi connectivity index (χ3n) is 5.93. The first-order valence-electron chi connectivity index (χ1n) is 12.0. The van der Waals surface area contributed by atoms with Gasteiger partial charge in [-0.3, -0.25) is 23.9 Å². The minimum atomic E-state index is -2.96. The fraction of sp³-hybridized carbons (Fsp3) is 0.500. The average molecular weight is 585 g/mol. The van der Waals surface area contributed by atoms with Crippen molar-refractivity contribution in [1.82, 2.24) is 9.55 Å². The van der Waals surface area contributed by atoms with E-state index in [0.29, 0.717) is 22.8 Å². The zero-order valence-electron chi connectivity index (χ0n) is 22.2. The van der Waals surface area contributed by atoms with Gasteiger partial charge in [-0.25, -0.2) is 4.79 Å². The van der Waals surface area contributed by atoms with Gasteiger partial charge in [-0.1, -0.05) is 0 Å². The van der Waals surface area contributed by atoms with Crippen LogP contribution in [0.15, 0.2) is 27.9 Å². The summed E-state index contributed by atoms with van der Waals surface area (Å²) in [6.45, 7) is 0.974. The number of nitrogens with zero attached hydrogens (tertiary/aromatic N) is 1. The molecule has 1 aromatic carbocycles. The quantitative estimate of drug-likeness (QED) is 0.252. The van der Waals surface area contributed by atoms with Gasteiger partial charge in [-0.2, -0.15) is 0 Å². The third kappa shape index (κ3) is 7.88. The van der Waals surface area contributed by atoms with Crippen LogP contribution in [0.2, 0.25) is 0 Å². The van der Waals surface area contributed by atoms with Crippen LogP contribution in [0.25, 0.3) is 0 Å². The molecule has 40 heavy (non-hydrogen) atoms. The second-order valence-corrected chi connectivity index (χ2v) is 9.33. The number of methoxy groups -OCH3 is 3. The number of esters is 2. The molecule has 1 aliphatic rings. The van der Waals surface area contributed by atoms with E-state index < -0.39 is 56.5 Å². The summed E-state index contributed by atoms with van der Waals surface area (Å²) in [5.74, 6) is -0.272. The van der Waals surface area contributed by atoms with Crippen molar-refractivity contribution in [3.05, 3.63) is 50.3 Å². The van der Waals surface area contributed by atoms with E-state index in [9.17, 15) is 23.7 Å². The summed E-state index contributed by atoms with van der Waals surface area (Å²) in [4.78, 5) is 59.9. The Bertz CT molecular complexity index is 1330. The van der Waals surface area contributed by atoms with Crippen molar-refractivity contribution in [2.24, 2.45) is 0 Å². The highest BCUT2D eigenvalue weighted by atomic mass is 31.1. The Kier molecular flexibility index (Phi) is 10.8. The van der Waals surface area contributed by atoms with Crippen molar-refractivity contribution in [2.75, 3.05) is 27.9 Å². The molecule has 0 spiro atoms. The smallest absolute Gasteiger partial charge is 0.493 e. The second-order valence-electron chi connectivity index (χ2n) is 8.60. The van der Waals surface area contributed by atoms with Crippen molar-refractivity contribution >= 4 is 20.2 Å². The van der Waals surface area contributed by atoms with Crippen molar-refractivity contribution in [2.45, 2.75) is 51.2 Å². The lowest BCUT2D eigenvalue weighted by atomic mass is 10.2. The number of aromatic nitrogens is 2. The maximum absolute atomic E-state index is 12.5. The molecule has 4 atom stereocenters. The molecule has 2 aromatic rings. The molecular formula is C24H30N2O13P+. The molecule has 2 heterocycles. The number of carbonyl (C=O) groups is 2. The van der Waals surface area contributed by atoms with E-state index in [4.69, 9.17) is 37.8 Å². The highest BCUT2D eigenvalue weighted by molar-refractivity contribution is 7.32. The summed E-state index contributed by atoms with van der Waals surface area (Å²) >= 11 is 0. The molecule has 16 heteroatoms. The first-order valence-corrected chi connectivity index (χ1v) is 13.1. The Morgan fingerprint density at radius 1 is 1.10 bits per heavy atom. The molecule has 1 fully saturated rings. The lowest BCUT2D eigenvalue weighted by Gasteiger charge is -2.16. The summed E-state index contributed by atoms with van der Waals surface area (Å²) in [7, 11) is 1.41. The molecule has 0 amide bonds. The zero-order valence-corrected chi connectivity index (χ0v) is 23.1. The van der Waals surface area contributed by atoms with Gasteiger partial charge in [0.1, 0.15) is 31.6 Å². The maximum Gasteiger partial charge on any atom is 0.694 e. The maximum atomic E-state index is 12.5. The normalized spacial score (nSPS) is 18.6. The van der Waals surface area contributed by atoms with Gasteiger partial charge < -0.3 is 28.4 Å². The fourth-order valence-corrected chi connectivity index (χ4v) is 4.24. The molecule has 0 radical (unpaired) electrons. The van der Waals surface area contributed by atoms with Gasteiger partial charge in [0.15, 0.2) is 11.5 Å². The molecule has 1 aliphatic heterocycles. The zero-order chi connectivity index (χ0) is 29.4. The van der Waals surface area contributed by atoms with Crippen molar-refractivity contribution in [3.8, 4) is 17.2 Å². The number of rotatable bonds is 13. The molecule has 15 nitrogen and oxygen atoms in total. The van der Waals surface area contributed by atoms with Crippen LogP contribution in [0.1, 0.15) is 36.6 Å². The molecule has 2 N–H and O–H groups in total. The summed E-state index contributed by atoms with van der Waals surface area (Å²) in [6.07, 6.45) is -2.25. The molecule has 3 rings (SSSR count). The van der Waals surface area contributed by atoms with Crippen LogP contribution in [0.3, 0.4) is 0 Å². The third-order valence-corrected chi connectivity index (χ3v) is 6.30. The predicted octanol–water partition coefficient (Wildman–Crippen LogP) is 1.26. The summed E-state index contributed by atoms with van der Waals surface area (Å²) in [5, 5.41) is 0. The van der Waals surface area contributed by atoms with E-state index in [2.05, 4.69) is 4.98 Å².